The number of hydrogen-bond donors (Lipinski definition) is 0. The van der Waals surface area contributed by atoms with Crippen molar-refractivity contribution in [1.82, 2.24) is 0 Å². The molecule has 0 spiro atoms. The number of nitrogens with zero attached hydrogens (tertiary/aromatic N) is 2. The second-order valence-corrected chi connectivity index (χ2v) is 6.46. The third-order valence-corrected chi connectivity index (χ3v) is 4.65. The summed E-state index contributed by atoms with van der Waals surface area (Å²) in [6.07, 6.45) is -0.807. The van der Waals surface area contributed by atoms with Crippen molar-refractivity contribution in [2.75, 3.05) is 14.2 Å². The molecule has 1 aliphatic rings. The molecule has 6 heteroatoms. The maximum atomic E-state index is 14.4. The number of ether oxygens (including phenoxy) is 2. The first-order valence-corrected chi connectivity index (χ1v) is 8.99. The van der Waals surface area contributed by atoms with Gasteiger partial charge >= 0.3 is 0 Å². The normalized spacial score (nSPS) is 13.8. The zero-order valence-electron chi connectivity index (χ0n) is 15.9. The number of rotatable bonds is 5. The molecule has 29 heavy (non-hydrogen) atoms. The van der Waals surface area contributed by atoms with Crippen molar-refractivity contribution in [2.45, 2.75) is 6.17 Å². The van der Waals surface area contributed by atoms with Crippen LogP contribution in [0.2, 0.25) is 0 Å². The van der Waals surface area contributed by atoms with Crippen LogP contribution in [0, 0.1) is 11.6 Å². The van der Waals surface area contributed by atoms with Crippen LogP contribution in [-0.4, -0.2) is 25.6 Å². The van der Waals surface area contributed by atoms with Gasteiger partial charge in [0.05, 0.1) is 25.6 Å². The first kappa shape index (κ1) is 18.8. The second kappa shape index (κ2) is 7.83. The fourth-order valence-corrected chi connectivity index (χ4v) is 3.21. The van der Waals surface area contributed by atoms with Crippen molar-refractivity contribution >= 4 is 11.4 Å². The molecule has 3 aromatic carbocycles. The molecule has 0 aliphatic carbocycles. The van der Waals surface area contributed by atoms with Crippen molar-refractivity contribution in [3.63, 3.8) is 0 Å². The fourth-order valence-electron chi connectivity index (χ4n) is 3.21. The predicted molar refractivity (Wildman–Crippen MR) is 108 cm³/mol. The van der Waals surface area contributed by atoms with Gasteiger partial charge in [-0.15, -0.1) is 0 Å². The molecule has 0 saturated carbocycles. The summed E-state index contributed by atoms with van der Waals surface area (Å²) in [4.78, 5) is 9.32. The molecule has 0 saturated heterocycles. The van der Waals surface area contributed by atoms with E-state index in [4.69, 9.17) is 9.47 Å². The Kier molecular flexibility index (Phi) is 5.08. The lowest BCUT2D eigenvalue weighted by Crippen LogP contribution is -2.14. The Hall–Kier alpha value is -3.54. The highest BCUT2D eigenvalue weighted by molar-refractivity contribution is 6.54. The molecule has 0 amide bonds. The van der Waals surface area contributed by atoms with E-state index in [1.807, 2.05) is 48.5 Å². The van der Waals surface area contributed by atoms with Crippen LogP contribution in [0.4, 0.5) is 8.78 Å². The van der Waals surface area contributed by atoms with Crippen LogP contribution in [0.1, 0.15) is 22.9 Å². The molecule has 4 rings (SSSR count). The molecule has 1 heterocycles. The monoisotopic (exact) mass is 392 g/mol. The number of benzene rings is 3. The van der Waals surface area contributed by atoms with Gasteiger partial charge < -0.3 is 9.47 Å². The van der Waals surface area contributed by atoms with Crippen LogP contribution >= 0.6 is 0 Å². The van der Waals surface area contributed by atoms with Gasteiger partial charge in [-0.1, -0.05) is 24.3 Å². The molecule has 0 unspecified atom stereocenters. The highest BCUT2D eigenvalue weighted by Gasteiger charge is 2.27. The molecule has 4 nitrogen and oxygen atoms in total. The van der Waals surface area contributed by atoms with Crippen molar-refractivity contribution in [3.8, 4) is 11.5 Å². The zero-order chi connectivity index (χ0) is 20.4. The van der Waals surface area contributed by atoms with Crippen LogP contribution in [0.25, 0.3) is 0 Å². The van der Waals surface area contributed by atoms with Gasteiger partial charge in [0, 0.05) is 22.8 Å². The van der Waals surface area contributed by atoms with E-state index in [1.54, 1.807) is 14.2 Å². The number of methoxy groups -OCH3 is 2. The molecule has 0 N–H and O–H groups in total. The predicted octanol–water partition coefficient (Wildman–Crippen LogP) is 4.97. The standard InChI is InChI=1S/C23H18F2N2O2/c1-28-17-7-3-5-14(11-17)21-22(15-6-4-8-18(12-15)29-2)27-23(26-21)19-10-9-16(24)13-20(19)25/h3-13,23H,1-2H3. The van der Waals surface area contributed by atoms with E-state index in [1.165, 1.54) is 12.1 Å². The molecule has 3 aromatic rings. The van der Waals surface area contributed by atoms with Crippen LogP contribution in [0.15, 0.2) is 76.7 Å². The summed E-state index contributed by atoms with van der Waals surface area (Å²) in [5.74, 6) is 0.0239. The van der Waals surface area contributed by atoms with Crippen LogP contribution in [0.3, 0.4) is 0 Å². The molecule has 0 fully saturated rings. The lowest BCUT2D eigenvalue weighted by atomic mass is 10.00. The quantitative estimate of drug-likeness (QED) is 0.615. The highest BCUT2D eigenvalue weighted by atomic mass is 19.1. The Morgan fingerprint density at radius 1 is 0.724 bits per heavy atom. The van der Waals surface area contributed by atoms with E-state index in [0.29, 0.717) is 22.9 Å². The van der Waals surface area contributed by atoms with E-state index >= 15 is 0 Å². The Morgan fingerprint density at radius 2 is 1.28 bits per heavy atom. The van der Waals surface area contributed by atoms with E-state index in [-0.39, 0.29) is 5.56 Å². The minimum absolute atomic E-state index is 0.213. The van der Waals surface area contributed by atoms with Gasteiger partial charge in [-0.2, -0.15) is 0 Å². The maximum Gasteiger partial charge on any atom is 0.169 e. The van der Waals surface area contributed by atoms with E-state index in [2.05, 4.69) is 9.98 Å². The molecular formula is C23H18F2N2O2. The molecule has 1 aliphatic heterocycles. The summed E-state index contributed by atoms with van der Waals surface area (Å²) in [6, 6.07) is 18.3. The van der Waals surface area contributed by atoms with Crippen LogP contribution < -0.4 is 9.47 Å². The Morgan fingerprint density at radius 3 is 1.76 bits per heavy atom. The number of hydrogen-bond acceptors (Lipinski definition) is 4. The topological polar surface area (TPSA) is 43.2 Å². The highest BCUT2D eigenvalue weighted by Crippen LogP contribution is 2.31. The molecule has 146 valence electrons. The summed E-state index contributed by atoms with van der Waals surface area (Å²) in [6.45, 7) is 0. The largest absolute Gasteiger partial charge is 0.497 e. The van der Waals surface area contributed by atoms with Gasteiger partial charge in [-0.25, -0.2) is 8.78 Å². The van der Waals surface area contributed by atoms with Gasteiger partial charge in [-0.05, 0) is 36.4 Å². The summed E-state index contributed by atoms with van der Waals surface area (Å²) in [7, 11) is 3.17. The Labute approximate surface area is 167 Å². The lowest BCUT2D eigenvalue weighted by molar-refractivity contribution is 0.414. The third-order valence-electron chi connectivity index (χ3n) is 4.65. The van der Waals surface area contributed by atoms with Gasteiger partial charge in [0.1, 0.15) is 23.1 Å². The number of aliphatic imine (C=N–C) groups is 2. The average molecular weight is 392 g/mol. The van der Waals surface area contributed by atoms with E-state index in [9.17, 15) is 8.78 Å². The summed E-state index contributed by atoms with van der Waals surface area (Å²) >= 11 is 0. The second-order valence-electron chi connectivity index (χ2n) is 6.46. The maximum absolute atomic E-state index is 14.4. The van der Waals surface area contributed by atoms with Crippen molar-refractivity contribution in [3.05, 3.63) is 95.1 Å². The minimum atomic E-state index is -0.807. The van der Waals surface area contributed by atoms with Crippen molar-refractivity contribution in [2.24, 2.45) is 9.98 Å². The fraction of sp³-hybridized carbons (Fsp3) is 0.130. The van der Waals surface area contributed by atoms with Crippen molar-refractivity contribution < 1.29 is 18.3 Å². The Bertz CT molecular complexity index is 1060. The van der Waals surface area contributed by atoms with Crippen LogP contribution in [-0.2, 0) is 0 Å². The SMILES string of the molecule is COc1cccc(C2=NC(c3ccc(F)cc3F)N=C2c2cccc(OC)c2)c1. The molecule has 0 bridgehead atoms. The summed E-state index contributed by atoms with van der Waals surface area (Å²) in [5, 5.41) is 0. The minimum Gasteiger partial charge on any atom is -0.497 e. The molecular weight excluding hydrogens is 374 g/mol. The van der Waals surface area contributed by atoms with Crippen LogP contribution in [0.5, 0.6) is 11.5 Å². The van der Waals surface area contributed by atoms with Gasteiger partial charge in [0.15, 0.2) is 6.17 Å². The van der Waals surface area contributed by atoms with E-state index < -0.39 is 17.8 Å². The van der Waals surface area contributed by atoms with E-state index in [0.717, 1.165) is 17.2 Å². The first-order valence-electron chi connectivity index (χ1n) is 8.99. The van der Waals surface area contributed by atoms with Gasteiger partial charge in [-0.3, -0.25) is 9.98 Å². The molecule has 0 aromatic heterocycles. The third kappa shape index (κ3) is 3.74. The average Bonchev–Trinajstić information content (AvgIpc) is 3.19. The smallest absolute Gasteiger partial charge is 0.169 e. The summed E-state index contributed by atoms with van der Waals surface area (Å²) < 4.78 is 38.4. The molecule has 0 radical (unpaired) electrons. The zero-order valence-corrected chi connectivity index (χ0v) is 15.9. The summed E-state index contributed by atoms with van der Waals surface area (Å²) in [5.41, 5.74) is 2.99. The van der Waals surface area contributed by atoms with Gasteiger partial charge in [0.25, 0.3) is 0 Å². The number of halogens is 2. The first-order chi connectivity index (χ1) is 14.1. The lowest BCUT2D eigenvalue weighted by Gasteiger charge is -2.09. The molecule has 0 atom stereocenters. The van der Waals surface area contributed by atoms with Crippen molar-refractivity contribution in [1.29, 1.82) is 0 Å². The van der Waals surface area contributed by atoms with Gasteiger partial charge in [0.2, 0.25) is 0 Å². The Balaban J connectivity index is 1.85.